The monoisotopic (exact) mass is 325 g/mol. The van der Waals surface area contributed by atoms with E-state index in [-0.39, 0.29) is 23.8 Å². The molecule has 0 unspecified atom stereocenters. The number of carbonyl (C=O) groups excluding carboxylic acids is 1. The first kappa shape index (κ1) is 15.6. The number of hydrogen-bond donors (Lipinski definition) is 1. The van der Waals surface area contributed by atoms with E-state index in [1.807, 2.05) is 0 Å². The van der Waals surface area contributed by atoms with Crippen molar-refractivity contribution in [3.05, 3.63) is 28.8 Å². The molecular formula is C16H20ClNO4. The molecule has 2 aliphatic rings. The third-order valence-electron chi connectivity index (χ3n) is 4.83. The lowest BCUT2D eigenvalue weighted by molar-refractivity contribution is -0.0415. The summed E-state index contributed by atoms with van der Waals surface area (Å²) in [6, 6.07) is 5.01. The van der Waals surface area contributed by atoms with Crippen molar-refractivity contribution < 1.29 is 19.4 Å². The van der Waals surface area contributed by atoms with Gasteiger partial charge in [0.2, 0.25) is 0 Å². The van der Waals surface area contributed by atoms with Crippen molar-refractivity contribution in [1.29, 1.82) is 0 Å². The molecule has 1 amide bonds. The summed E-state index contributed by atoms with van der Waals surface area (Å²) in [6.07, 6.45) is 0.789. The van der Waals surface area contributed by atoms with Crippen LogP contribution < -0.4 is 4.74 Å². The number of methoxy groups -OCH3 is 1. The molecule has 0 radical (unpaired) electrons. The van der Waals surface area contributed by atoms with Gasteiger partial charge < -0.3 is 19.5 Å². The minimum Gasteiger partial charge on any atom is -0.497 e. The number of fused-ring (bicyclic) bond motifs is 1. The van der Waals surface area contributed by atoms with E-state index in [0.29, 0.717) is 42.6 Å². The van der Waals surface area contributed by atoms with E-state index < -0.39 is 0 Å². The molecule has 6 heteroatoms. The maximum Gasteiger partial charge on any atom is 0.254 e. The average Bonchev–Trinajstić information content (AvgIpc) is 2.93. The third kappa shape index (κ3) is 2.69. The first-order chi connectivity index (χ1) is 10.6. The molecule has 2 fully saturated rings. The Bertz CT molecular complexity index is 579. The largest absolute Gasteiger partial charge is 0.497 e. The molecule has 120 valence electrons. The van der Waals surface area contributed by atoms with E-state index in [4.69, 9.17) is 21.1 Å². The Morgan fingerprint density at radius 1 is 1.55 bits per heavy atom. The molecule has 2 aliphatic heterocycles. The number of rotatable bonds is 3. The van der Waals surface area contributed by atoms with Gasteiger partial charge in [0.05, 0.1) is 20.3 Å². The Labute approximate surface area is 134 Å². The highest BCUT2D eigenvalue weighted by Gasteiger charge is 2.49. The van der Waals surface area contributed by atoms with Crippen molar-refractivity contribution in [2.45, 2.75) is 6.42 Å². The van der Waals surface area contributed by atoms with E-state index >= 15 is 0 Å². The number of ether oxygens (including phenoxy) is 2. The Morgan fingerprint density at radius 2 is 2.36 bits per heavy atom. The minimum absolute atomic E-state index is 0.0805. The third-order valence-corrected chi connectivity index (χ3v) is 5.05. The lowest BCUT2D eigenvalue weighted by Gasteiger charge is -2.36. The van der Waals surface area contributed by atoms with E-state index in [1.165, 1.54) is 0 Å². The van der Waals surface area contributed by atoms with Crippen LogP contribution in [-0.4, -0.2) is 55.9 Å². The van der Waals surface area contributed by atoms with Crippen LogP contribution >= 0.6 is 11.6 Å². The quantitative estimate of drug-likeness (QED) is 0.921. The predicted octanol–water partition coefficient (Wildman–Crippen LogP) is 1.82. The lowest BCUT2D eigenvalue weighted by Crippen LogP contribution is -2.41. The van der Waals surface area contributed by atoms with Crippen molar-refractivity contribution in [2.75, 3.05) is 40.0 Å². The fourth-order valence-electron chi connectivity index (χ4n) is 3.45. The number of amides is 1. The number of hydrogen-bond acceptors (Lipinski definition) is 4. The van der Waals surface area contributed by atoms with Crippen LogP contribution in [0.4, 0.5) is 0 Å². The summed E-state index contributed by atoms with van der Waals surface area (Å²) in [5, 5.41) is 10.3. The van der Waals surface area contributed by atoms with Crippen molar-refractivity contribution in [1.82, 2.24) is 4.90 Å². The maximum absolute atomic E-state index is 12.8. The molecule has 3 rings (SSSR count). The van der Waals surface area contributed by atoms with E-state index in [2.05, 4.69) is 0 Å². The zero-order valence-electron chi connectivity index (χ0n) is 12.5. The van der Waals surface area contributed by atoms with Gasteiger partial charge in [0, 0.05) is 41.6 Å². The van der Waals surface area contributed by atoms with Crippen LogP contribution in [0.25, 0.3) is 0 Å². The molecule has 2 atom stereocenters. The van der Waals surface area contributed by atoms with Gasteiger partial charge in [-0.25, -0.2) is 0 Å². The molecular weight excluding hydrogens is 306 g/mol. The zero-order valence-corrected chi connectivity index (χ0v) is 13.3. The van der Waals surface area contributed by atoms with Gasteiger partial charge in [0.25, 0.3) is 5.91 Å². The summed E-state index contributed by atoms with van der Waals surface area (Å²) in [7, 11) is 1.54. The maximum atomic E-state index is 12.8. The minimum atomic E-state index is -0.226. The van der Waals surface area contributed by atoms with Gasteiger partial charge in [0.15, 0.2) is 0 Å². The molecule has 2 heterocycles. The molecule has 1 N–H and O–H groups in total. The predicted molar refractivity (Wildman–Crippen MR) is 82.4 cm³/mol. The summed E-state index contributed by atoms with van der Waals surface area (Å²) in [4.78, 5) is 14.6. The van der Waals surface area contributed by atoms with Crippen LogP contribution in [0, 0.1) is 11.3 Å². The smallest absolute Gasteiger partial charge is 0.254 e. The summed E-state index contributed by atoms with van der Waals surface area (Å²) < 4.78 is 10.7. The highest BCUT2D eigenvalue weighted by molar-refractivity contribution is 6.31. The lowest BCUT2D eigenvalue weighted by atomic mass is 9.75. The Morgan fingerprint density at radius 3 is 3.05 bits per heavy atom. The van der Waals surface area contributed by atoms with Crippen LogP contribution in [0.3, 0.4) is 0 Å². The first-order valence-corrected chi connectivity index (χ1v) is 7.78. The number of benzene rings is 1. The molecule has 0 aliphatic carbocycles. The normalized spacial score (nSPS) is 27.6. The molecule has 1 aromatic carbocycles. The van der Waals surface area contributed by atoms with Gasteiger partial charge in [-0.1, -0.05) is 11.6 Å². The molecule has 0 saturated carbocycles. The van der Waals surface area contributed by atoms with Crippen molar-refractivity contribution in [2.24, 2.45) is 11.3 Å². The van der Waals surface area contributed by atoms with Crippen LogP contribution in [-0.2, 0) is 4.74 Å². The SMILES string of the molecule is COc1cc(Cl)cc(C(=O)N2C[C@@H]3COCC[C@]3(CO)C2)c1. The zero-order chi connectivity index (χ0) is 15.7. The van der Waals surface area contributed by atoms with Gasteiger partial charge in [-0.05, 0) is 24.6 Å². The van der Waals surface area contributed by atoms with Crippen LogP contribution in [0.15, 0.2) is 18.2 Å². The fraction of sp³-hybridized carbons (Fsp3) is 0.562. The standard InChI is InChI=1S/C16H20ClNO4/c1-21-14-5-11(4-13(17)6-14)15(20)18-7-12-8-22-3-2-16(12,9-18)10-19/h4-6,12,19H,2-3,7-10H2,1H3/t12-,16-/m1/s1. The van der Waals surface area contributed by atoms with Crippen LogP contribution in [0.1, 0.15) is 16.8 Å². The van der Waals surface area contributed by atoms with E-state index in [1.54, 1.807) is 30.2 Å². The van der Waals surface area contributed by atoms with Gasteiger partial charge in [-0.15, -0.1) is 0 Å². The second-order valence-corrected chi connectivity index (χ2v) is 6.54. The Balaban J connectivity index is 1.83. The number of aliphatic hydroxyl groups excluding tert-OH is 1. The fourth-order valence-corrected chi connectivity index (χ4v) is 3.67. The summed E-state index contributed by atoms with van der Waals surface area (Å²) in [6.45, 7) is 2.50. The molecule has 0 bridgehead atoms. The molecule has 0 aromatic heterocycles. The average molecular weight is 326 g/mol. The molecule has 1 aromatic rings. The van der Waals surface area contributed by atoms with Gasteiger partial charge in [0.1, 0.15) is 5.75 Å². The molecule has 2 saturated heterocycles. The number of carbonyl (C=O) groups is 1. The van der Waals surface area contributed by atoms with E-state index in [9.17, 15) is 9.90 Å². The highest BCUT2D eigenvalue weighted by Crippen LogP contribution is 2.42. The van der Waals surface area contributed by atoms with Gasteiger partial charge >= 0.3 is 0 Å². The number of aliphatic hydroxyl groups is 1. The molecule has 22 heavy (non-hydrogen) atoms. The van der Waals surface area contributed by atoms with Crippen molar-refractivity contribution in [3.8, 4) is 5.75 Å². The second kappa shape index (κ2) is 6.07. The topological polar surface area (TPSA) is 59.0 Å². The van der Waals surface area contributed by atoms with Crippen LogP contribution in [0.5, 0.6) is 5.75 Å². The van der Waals surface area contributed by atoms with Crippen LogP contribution in [0.2, 0.25) is 5.02 Å². The number of halogens is 1. The number of likely N-dealkylation sites (tertiary alicyclic amines) is 1. The molecule has 5 nitrogen and oxygen atoms in total. The Hall–Kier alpha value is -1.30. The van der Waals surface area contributed by atoms with Gasteiger partial charge in [-0.2, -0.15) is 0 Å². The van der Waals surface area contributed by atoms with E-state index in [0.717, 1.165) is 6.42 Å². The number of nitrogens with zero attached hydrogens (tertiary/aromatic N) is 1. The summed E-state index contributed by atoms with van der Waals surface area (Å²) >= 11 is 6.05. The van der Waals surface area contributed by atoms with Crippen molar-refractivity contribution >= 4 is 17.5 Å². The van der Waals surface area contributed by atoms with Gasteiger partial charge in [-0.3, -0.25) is 4.79 Å². The second-order valence-electron chi connectivity index (χ2n) is 6.11. The first-order valence-electron chi connectivity index (χ1n) is 7.40. The Kier molecular flexibility index (Phi) is 4.30. The summed E-state index contributed by atoms with van der Waals surface area (Å²) in [5.74, 6) is 0.673. The summed E-state index contributed by atoms with van der Waals surface area (Å²) in [5.41, 5.74) is 0.285. The highest BCUT2D eigenvalue weighted by atomic mass is 35.5. The molecule has 0 spiro atoms. The van der Waals surface area contributed by atoms with Crippen molar-refractivity contribution in [3.63, 3.8) is 0 Å².